The second-order valence-electron chi connectivity index (χ2n) is 7.51. The van der Waals surface area contributed by atoms with Gasteiger partial charge in [-0.05, 0) is 45.1 Å². The first-order valence-electron chi connectivity index (χ1n) is 9.52. The van der Waals surface area contributed by atoms with Crippen molar-refractivity contribution in [2.45, 2.75) is 77.5 Å². The Labute approximate surface area is 141 Å². The molecular formula is C19H33N3O. The van der Waals surface area contributed by atoms with Gasteiger partial charge in [0.05, 0.1) is 0 Å². The first kappa shape index (κ1) is 17.0. The van der Waals surface area contributed by atoms with E-state index in [4.69, 9.17) is 4.74 Å². The summed E-state index contributed by atoms with van der Waals surface area (Å²) in [4.78, 5) is 7.32. The zero-order valence-corrected chi connectivity index (χ0v) is 15.0. The molecule has 130 valence electrons. The van der Waals surface area contributed by atoms with E-state index >= 15 is 0 Å². The predicted octanol–water partition coefficient (Wildman–Crippen LogP) is 3.77. The quantitative estimate of drug-likeness (QED) is 0.774. The highest BCUT2D eigenvalue weighted by Gasteiger charge is 2.27. The molecular weight excluding hydrogens is 286 g/mol. The standard InChI is InChI=1S/C19H33N3O/c1-16-12-20-19(15-23-2)22(16)14-17-8-7-11-21(13-17)18-9-5-3-4-6-10-18/h12,17-18H,3-11,13-15H2,1-2H3/t17-/m0/s1. The summed E-state index contributed by atoms with van der Waals surface area (Å²) < 4.78 is 7.69. The molecule has 4 heteroatoms. The molecule has 23 heavy (non-hydrogen) atoms. The fourth-order valence-electron chi connectivity index (χ4n) is 4.46. The fraction of sp³-hybridized carbons (Fsp3) is 0.842. The van der Waals surface area contributed by atoms with Crippen molar-refractivity contribution in [3.05, 3.63) is 17.7 Å². The molecule has 1 aromatic heterocycles. The SMILES string of the molecule is COCc1ncc(C)n1C[C@H]1CCCN(C2CCCCCC2)C1. The van der Waals surface area contributed by atoms with Crippen molar-refractivity contribution in [1.29, 1.82) is 0 Å². The Hall–Kier alpha value is -0.870. The number of ether oxygens (including phenoxy) is 1. The zero-order chi connectivity index (χ0) is 16.1. The van der Waals surface area contributed by atoms with Gasteiger partial charge in [0.1, 0.15) is 12.4 Å². The largest absolute Gasteiger partial charge is 0.377 e. The van der Waals surface area contributed by atoms with E-state index in [1.807, 2.05) is 6.20 Å². The van der Waals surface area contributed by atoms with Crippen LogP contribution in [0, 0.1) is 12.8 Å². The monoisotopic (exact) mass is 319 g/mol. The molecule has 3 rings (SSSR count). The molecule has 2 aliphatic rings. The molecule has 0 radical (unpaired) electrons. The molecule has 0 amide bonds. The van der Waals surface area contributed by atoms with Crippen LogP contribution in [0.5, 0.6) is 0 Å². The van der Waals surface area contributed by atoms with Crippen LogP contribution >= 0.6 is 0 Å². The Morgan fingerprint density at radius 3 is 2.65 bits per heavy atom. The summed E-state index contributed by atoms with van der Waals surface area (Å²) >= 11 is 0. The first-order valence-corrected chi connectivity index (χ1v) is 9.52. The van der Waals surface area contributed by atoms with Gasteiger partial charge in [0.25, 0.3) is 0 Å². The zero-order valence-electron chi connectivity index (χ0n) is 15.0. The third-order valence-corrected chi connectivity index (χ3v) is 5.74. The average molecular weight is 319 g/mol. The van der Waals surface area contributed by atoms with Crippen molar-refractivity contribution >= 4 is 0 Å². The van der Waals surface area contributed by atoms with Crippen molar-refractivity contribution in [3.63, 3.8) is 0 Å². The van der Waals surface area contributed by atoms with Crippen LogP contribution in [0.3, 0.4) is 0 Å². The van der Waals surface area contributed by atoms with Crippen molar-refractivity contribution in [2.24, 2.45) is 5.92 Å². The predicted molar refractivity (Wildman–Crippen MR) is 93.5 cm³/mol. The number of aromatic nitrogens is 2. The summed E-state index contributed by atoms with van der Waals surface area (Å²) in [5, 5.41) is 0. The third kappa shape index (κ3) is 4.36. The first-order chi connectivity index (χ1) is 11.3. The van der Waals surface area contributed by atoms with E-state index < -0.39 is 0 Å². The van der Waals surface area contributed by atoms with Gasteiger partial charge in [-0.15, -0.1) is 0 Å². The Morgan fingerprint density at radius 2 is 1.91 bits per heavy atom. The Balaban J connectivity index is 1.61. The smallest absolute Gasteiger partial charge is 0.134 e. The highest BCUT2D eigenvalue weighted by atomic mass is 16.5. The van der Waals surface area contributed by atoms with Crippen LogP contribution in [-0.2, 0) is 17.9 Å². The topological polar surface area (TPSA) is 30.3 Å². The summed E-state index contributed by atoms with van der Waals surface area (Å²) in [7, 11) is 1.75. The van der Waals surface area contributed by atoms with Gasteiger partial charge in [-0.1, -0.05) is 25.7 Å². The molecule has 1 aliphatic carbocycles. The highest BCUT2D eigenvalue weighted by molar-refractivity contribution is 5.03. The number of methoxy groups -OCH3 is 1. The lowest BCUT2D eigenvalue weighted by Crippen LogP contribution is -2.43. The lowest BCUT2D eigenvalue weighted by atomic mass is 9.94. The minimum absolute atomic E-state index is 0.618. The van der Waals surface area contributed by atoms with Crippen molar-refractivity contribution in [1.82, 2.24) is 14.5 Å². The Morgan fingerprint density at radius 1 is 1.13 bits per heavy atom. The van der Waals surface area contributed by atoms with Crippen LogP contribution in [0.4, 0.5) is 0 Å². The van der Waals surface area contributed by atoms with Gasteiger partial charge in [0.15, 0.2) is 0 Å². The van der Waals surface area contributed by atoms with E-state index in [9.17, 15) is 0 Å². The van der Waals surface area contributed by atoms with E-state index in [0.29, 0.717) is 6.61 Å². The van der Waals surface area contributed by atoms with E-state index in [1.54, 1.807) is 7.11 Å². The van der Waals surface area contributed by atoms with Gasteiger partial charge in [-0.3, -0.25) is 0 Å². The number of aryl methyl sites for hydroxylation is 1. The minimum atomic E-state index is 0.618. The summed E-state index contributed by atoms with van der Waals surface area (Å²) in [6.45, 7) is 6.47. The van der Waals surface area contributed by atoms with E-state index in [1.165, 1.54) is 70.2 Å². The molecule has 2 heterocycles. The normalized spacial score (nSPS) is 24.7. The molecule has 1 atom stereocenters. The van der Waals surface area contributed by atoms with Crippen LogP contribution in [0.2, 0.25) is 0 Å². The number of rotatable bonds is 5. The summed E-state index contributed by atoms with van der Waals surface area (Å²) in [6, 6.07) is 0.850. The van der Waals surface area contributed by atoms with Crippen molar-refractivity contribution in [3.8, 4) is 0 Å². The molecule has 0 unspecified atom stereocenters. The average Bonchev–Trinajstić information content (AvgIpc) is 2.79. The minimum Gasteiger partial charge on any atom is -0.377 e. The molecule has 0 spiro atoms. The van der Waals surface area contributed by atoms with Crippen LogP contribution < -0.4 is 0 Å². The summed E-state index contributed by atoms with van der Waals surface area (Å²) in [5.74, 6) is 1.84. The van der Waals surface area contributed by atoms with Crippen molar-refractivity contribution < 1.29 is 4.74 Å². The van der Waals surface area contributed by atoms with Gasteiger partial charge in [0, 0.05) is 38.1 Å². The number of piperidine rings is 1. The molecule has 2 fully saturated rings. The molecule has 1 aliphatic heterocycles. The molecule has 4 nitrogen and oxygen atoms in total. The number of hydrogen-bond acceptors (Lipinski definition) is 3. The molecule has 1 saturated carbocycles. The van der Waals surface area contributed by atoms with Crippen LogP contribution in [-0.4, -0.2) is 40.7 Å². The molecule has 1 aromatic rings. The molecule has 0 N–H and O–H groups in total. The second-order valence-corrected chi connectivity index (χ2v) is 7.51. The fourth-order valence-corrected chi connectivity index (χ4v) is 4.46. The van der Waals surface area contributed by atoms with E-state index in [0.717, 1.165) is 24.3 Å². The maximum absolute atomic E-state index is 5.31. The van der Waals surface area contributed by atoms with Crippen LogP contribution in [0.15, 0.2) is 6.20 Å². The Kier molecular flexibility index (Phi) is 6.12. The van der Waals surface area contributed by atoms with Gasteiger partial charge < -0.3 is 14.2 Å². The van der Waals surface area contributed by atoms with Gasteiger partial charge in [-0.25, -0.2) is 4.98 Å². The van der Waals surface area contributed by atoms with E-state index in [-0.39, 0.29) is 0 Å². The second kappa shape index (κ2) is 8.29. The van der Waals surface area contributed by atoms with Gasteiger partial charge in [0.2, 0.25) is 0 Å². The summed E-state index contributed by atoms with van der Waals surface area (Å²) in [5.41, 5.74) is 1.27. The molecule has 1 saturated heterocycles. The van der Waals surface area contributed by atoms with Crippen LogP contribution in [0.25, 0.3) is 0 Å². The third-order valence-electron chi connectivity index (χ3n) is 5.74. The number of hydrogen-bond donors (Lipinski definition) is 0. The van der Waals surface area contributed by atoms with E-state index in [2.05, 4.69) is 21.4 Å². The maximum atomic E-state index is 5.31. The molecule has 0 aromatic carbocycles. The molecule has 0 bridgehead atoms. The van der Waals surface area contributed by atoms with Gasteiger partial charge >= 0.3 is 0 Å². The highest BCUT2D eigenvalue weighted by Crippen LogP contribution is 2.27. The number of nitrogens with zero attached hydrogens (tertiary/aromatic N) is 3. The Bertz CT molecular complexity index is 477. The summed E-state index contributed by atoms with van der Waals surface area (Å²) in [6.07, 6.45) is 13.3. The van der Waals surface area contributed by atoms with Crippen LogP contribution in [0.1, 0.15) is 62.9 Å². The lowest BCUT2D eigenvalue weighted by molar-refractivity contribution is 0.103. The lowest BCUT2D eigenvalue weighted by Gasteiger charge is -2.38. The maximum Gasteiger partial charge on any atom is 0.134 e. The number of imidazole rings is 1. The van der Waals surface area contributed by atoms with Crippen molar-refractivity contribution in [2.75, 3.05) is 20.2 Å². The number of likely N-dealkylation sites (tertiary alicyclic amines) is 1. The van der Waals surface area contributed by atoms with Gasteiger partial charge in [-0.2, -0.15) is 0 Å².